The molecule has 0 aromatic heterocycles. The van der Waals surface area contributed by atoms with Gasteiger partial charge in [0.25, 0.3) is 5.91 Å². The zero-order valence-electron chi connectivity index (χ0n) is 10.4. The second-order valence-corrected chi connectivity index (χ2v) is 3.57. The average Bonchev–Trinajstić information content (AvgIpc) is 2.35. The standard InChI is InChI=1S/C13H19NO3/c1-3-8-16-11-6-5-7-12(9-11)17-10-13(15)14-4-2/h5-7,9H,3-4,8,10H2,1-2H3,(H,14,15). The molecule has 17 heavy (non-hydrogen) atoms. The van der Waals surface area contributed by atoms with E-state index in [1.54, 1.807) is 12.1 Å². The number of hydrogen-bond acceptors (Lipinski definition) is 3. The third kappa shape index (κ3) is 5.24. The highest BCUT2D eigenvalue weighted by Crippen LogP contribution is 2.19. The first-order valence-corrected chi connectivity index (χ1v) is 5.88. The first kappa shape index (κ1) is 13.4. The number of carbonyl (C=O) groups excluding carboxylic acids is 1. The van der Waals surface area contributed by atoms with Crippen LogP contribution >= 0.6 is 0 Å². The van der Waals surface area contributed by atoms with Gasteiger partial charge in [-0.3, -0.25) is 4.79 Å². The number of amides is 1. The molecule has 0 heterocycles. The van der Waals surface area contributed by atoms with E-state index in [4.69, 9.17) is 9.47 Å². The van der Waals surface area contributed by atoms with Crippen LogP contribution < -0.4 is 14.8 Å². The number of rotatable bonds is 7. The molecule has 1 aromatic carbocycles. The van der Waals surface area contributed by atoms with Gasteiger partial charge in [0.05, 0.1) is 6.61 Å². The Morgan fingerprint density at radius 1 is 1.24 bits per heavy atom. The lowest BCUT2D eigenvalue weighted by Gasteiger charge is -2.08. The lowest BCUT2D eigenvalue weighted by Crippen LogP contribution is -2.28. The molecule has 0 radical (unpaired) electrons. The van der Waals surface area contributed by atoms with Crippen LogP contribution in [0.3, 0.4) is 0 Å². The molecule has 4 nitrogen and oxygen atoms in total. The minimum absolute atomic E-state index is 0.0328. The van der Waals surface area contributed by atoms with Crippen LogP contribution in [0.5, 0.6) is 11.5 Å². The minimum atomic E-state index is -0.118. The van der Waals surface area contributed by atoms with Crippen molar-refractivity contribution >= 4 is 5.91 Å². The second-order valence-electron chi connectivity index (χ2n) is 3.57. The van der Waals surface area contributed by atoms with E-state index in [1.165, 1.54) is 0 Å². The summed E-state index contributed by atoms with van der Waals surface area (Å²) in [6.45, 7) is 5.25. The molecule has 0 fully saturated rings. The van der Waals surface area contributed by atoms with Gasteiger partial charge in [0, 0.05) is 12.6 Å². The van der Waals surface area contributed by atoms with Crippen LogP contribution in [0.4, 0.5) is 0 Å². The van der Waals surface area contributed by atoms with Crippen LogP contribution in [0.25, 0.3) is 0 Å². The molecule has 0 aliphatic carbocycles. The summed E-state index contributed by atoms with van der Waals surface area (Å²) >= 11 is 0. The fourth-order valence-corrected chi connectivity index (χ4v) is 1.27. The molecule has 0 unspecified atom stereocenters. The molecule has 0 aliphatic heterocycles. The zero-order chi connectivity index (χ0) is 12.5. The van der Waals surface area contributed by atoms with Crippen molar-refractivity contribution in [3.63, 3.8) is 0 Å². The molecule has 4 heteroatoms. The predicted molar refractivity (Wildman–Crippen MR) is 66.4 cm³/mol. The SMILES string of the molecule is CCCOc1cccc(OCC(=O)NCC)c1. The maximum absolute atomic E-state index is 11.2. The van der Waals surface area contributed by atoms with Crippen molar-refractivity contribution in [2.45, 2.75) is 20.3 Å². The number of benzene rings is 1. The van der Waals surface area contributed by atoms with Gasteiger partial charge >= 0.3 is 0 Å². The Kier molecular flexibility index (Phi) is 5.93. The summed E-state index contributed by atoms with van der Waals surface area (Å²) in [5.74, 6) is 1.29. The quantitative estimate of drug-likeness (QED) is 0.789. The highest BCUT2D eigenvalue weighted by atomic mass is 16.5. The smallest absolute Gasteiger partial charge is 0.257 e. The molecule has 0 bridgehead atoms. The summed E-state index contributed by atoms with van der Waals surface area (Å²) in [6.07, 6.45) is 0.962. The Hall–Kier alpha value is -1.71. The van der Waals surface area contributed by atoms with Crippen LogP contribution in [0.15, 0.2) is 24.3 Å². The largest absolute Gasteiger partial charge is 0.493 e. The first-order chi connectivity index (χ1) is 8.26. The Morgan fingerprint density at radius 2 is 1.94 bits per heavy atom. The molecule has 0 saturated carbocycles. The lowest BCUT2D eigenvalue weighted by atomic mass is 10.3. The summed E-state index contributed by atoms with van der Waals surface area (Å²) in [5, 5.41) is 2.67. The second kappa shape index (κ2) is 7.54. The van der Waals surface area contributed by atoms with Crippen LogP contribution in [0.2, 0.25) is 0 Å². The van der Waals surface area contributed by atoms with Crippen LogP contribution in [0, 0.1) is 0 Å². The van der Waals surface area contributed by atoms with Gasteiger partial charge in [0.15, 0.2) is 6.61 Å². The van der Waals surface area contributed by atoms with E-state index >= 15 is 0 Å². The minimum Gasteiger partial charge on any atom is -0.493 e. The van der Waals surface area contributed by atoms with Crippen molar-refractivity contribution in [1.29, 1.82) is 0 Å². The molecule has 1 amide bonds. The number of ether oxygens (including phenoxy) is 2. The summed E-state index contributed by atoms with van der Waals surface area (Å²) in [6, 6.07) is 7.31. The summed E-state index contributed by atoms with van der Waals surface area (Å²) in [4.78, 5) is 11.2. The van der Waals surface area contributed by atoms with E-state index in [2.05, 4.69) is 12.2 Å². The van der Waals surface area contributed by atoms with Gasteiger partial charge in [0.2, 0.25) is 0 Å². The van der Waals surface area contributed by atoms with Crippen molar-refractivity contribution in [1.82, 2.24) is 5.32 Å². The zero-order valence-corrected chi connectivity index (χ0v) is 10.4. The molecule has 0 saturated heterocycles. The molecule has 0 spiro atoms. The molecule has 94 valence electrons. The van der Waals surface area contributed by atoms with E-state index in [0.29, 0.717) is 18.9 Å². The van der Waals surface area contributed by atoms with Crippen molar-refractivity contribution < 1.29 is 14.3 Å². The van der Waals surface area contributed by atoms with Gasteiger partial charge in [-0.1, -0.05) is 13.0 Å². The monoisotopic (exact) mass is 237 g/mol. The molecular weight excluding hydrogens is 218 g/mol. The number of hydrogen-bond donors (Lipinski definition) is 1. The Balaban J connectivity index is 2.45. The van der Waals surface area contributed by atoms with Gasteiger partial charge in [-0.05, 0) is 25.5 Å². The normalized spacial score (nSPS) is 9.76. The summed E-state index contributed by atoms with van der Waals surface area (Å²) in [7, 11) is 0. The fourth-order valence-electron chi connectivity index (χ4n) is 1.27. The van der Waals surface area contributed by atoms with Crippen molar-refractivity contribution in [3.05, 3.63) is 24.3 Å². The molecule has 0 aliphatic rings. The van der Waals surface area contributed by atoms with E-state index in [9.17, 15) is 4.79 Å². The van der Waals surface area contributed by atoms with Crippen molar-refractivity contribution in [2.24, 2.45) is 0 Å². The van der Waals surface area contributed by atoms with E-state index in [1.807, 2.05) is 19.1 Å². The first-order valence-electron chi connectivity index (χ1n) is 5.88. The van der Waals surface area contributed by atoms with Gasteiger partial charge in [-0.15, -0.1) is 0 Å². The number of nitrogens with one attached hydrogen (secondary N) is 1. The number of likely N-dealkylation sites (N-methyl/N-ethyl adjacent to an activating group) is 1. The highest BCUT2D eigenvalue weighted by Gasteiger charge is 2.02. The van der Waals surface area contributed by atoms with Gasteiger partial charge in [0.1, 0.15) is 11.5 Å². The van der Waals surface area contributed by atoms with Gasteiger partial charge in [-0.25, -0.2) is 0 Å². The maximum Gasteiger partial charge on any atom is 0.257 e. The highest BCUT2D eigenvalue weighted by molar-refractivity contribution is 5.77. The lowest BCUT2D eigenvalue weighted by molar-refractivity contribution is -0.122. The van der Waals surface area contributed by atoms with Gasteiger partial charge in [-0.2, -0.15) is 0 Å². The average molecular weight is 237 g/mol. The van der Waals surface area contributed by atoms with Gasteiger partial charge < -0.3 is 14.8 Å². The fraction of sp³-hybridized carbons (Fsp3) is 0.462. The topological polar surface area (TPSA) is 47.6 Å². The molecule has 1 rings (SSSR count). The molecule has 1 N–H and O–H groups in total. The number of carbonyl (C=O) groups is 1. The Morgan fingerprint density at radius 3 is 2.59 bits per heavy atom. The van der Waals surface area contributed by atoms with Crippen molar-refractivity contribution in [2.75, 3.05) is 19.8 Å². The maximum atomic E-state index is 11.2. The molecule has 0 atom stereocenters. The molecular formula is C13H19NO3. The van der Waals surface area contributed by atoms with Crippen molar-refractivity contribution in [3.8, 4) is 11.5 Å². The molecule has 1 aromatic rings. The predicted octanol–water partition coefficient (Wildman–Crippen LogP) is 1.99. The van der Waals surface area contributed by atoms with Crippen LogP contribution in [-0.4, -0.2) is 25.7 Å². The van der Waals surface area contributed by atoms with E-state index in [-0.39, 0.29) is 12.5 Å². The van der Waals surface area contributed by atoms with E-state index in [0.717, 1.165) is 12.2 Å². The summed E-state index contributed by atoms with van der Waals surface area (Å²) < 4.78 is 10.8. The third-order valence-corrected chi connectivity index (χ3v) is 2.02. The van der Waals surface area contributed by atoms with E-state index < -0.39 is 0 Å². The third-order valence-electron chi connectivity index (χ3n) is 2.02. The Labute approximate surface area is 102 Å². The van der Waals surface area contributed by atoms with Crippen LogP contribution in [0.1, 0.15) is 20.3 Å². The Bertz CT molecular complexity index is 352. The summed E-state index contributed by atoms with van der Waals surface area (Å²) in [5.41, 5.74) is 0. The van der Waals surface area contributed by atoms with Crippen LogP contribution in [-0.2, 0) is 4.79 Å².